The summed E-state index contributed by atoms with van der Waals surface area (Å²) in [5.74, 6) is -0.398. The molecule has 112 valence electrons. The number of carbonyl (C=O) groups is 1. The van der Waals surface area contributed by atoms with Crippen LogP contribution in [0.3, 0.4) is 0 Å². The fourth-order valence-electron chi connectivity index (χ4n) is 2.08. The summed E-state index contributed by atoms with van der Waals surface area (Å²) in [4.78, 5) is 11.8. The molecular formula is C15H20N4O2. The number of nitrogens with one attached hydrogen (secondary N) is 1. The van der Waals surface area contributed by atoms with Gasteiger partial charge in [-0.3, -0.25) is 4.68 Å². The van der Waals surface area contributed by atoms with Crippen LogP contribution in [-0.4, -0.2) is 28.9 Å². The highest BCUT2D eigenvalue weighted by molar-refractivity contribution is 5.98. The first-order chi connectivity index (χ1) is 10.1. The maximum atomic E-state index is 11.8. The van der Waals surface area contributed by atoms with Crippen molar-refractivity contribution in [2.45, 2.75) is 13.3 Å². The van der Waals surface area contributed by atoms with Crippen LogP contribution in [0.25, 0.3) is 0 Å². The average molecular weight is 288 g/mol. The number of ether oxygens (including phenoxy) is 1. The lowest BCUT2D eigenvalue weighted by Gasteiger charge is -2.12. The van der Waals surface area contributed by atoms with Gasteiger partial charge in [0.25, 0.3) is 0 Å². The Morgan fingerprint density at radius 1 is 1.43 bits per heavy atom. The van der Waals surface area contributed by atoms with Gasteiger partial charge in [0.2, 0.25) is 0 Å². The summed E-state index contributed by atoms with van der Waals surface area (Å²) < 4.78 is 6.82. The molecule has 2 rings (SSSR count). The summed E-state index contributed by atoms with van der Waals surface area (Å²) in [5.41, 5.74) is 8.70. The van der Waals surface area contributed by atoms with Crippen LogP contribution in [0, 0.1) is 0 Å². The van der Waals surface area contributed by atoms with Crippen LogP contribution < -0.4 is 11.1 Å². The Kier molecular flexibility index (Phi) is 4.81. The number of hydrogen-bond donors (Lipinski definition) is 2. The summed E-state index contributed by atoms with van der Waals surface area (Å²) in [6, 6.07) is 7.27. The van der Waals surface area contributed by atoms with E-state index >= 15 is 0 Å². The minimum atomic E-state index is -0.398. The molecule has 0 spiro atoms. The molecule has 1 aromatic heterocycles. The molecule has 0 saturated carbocycles. The summed E-state index contributed by atoms with van der Waals surface area (Å²) in [6.07, 6.45) is 2.59. The number of benzene rings is 1. The highest BCUT2D eigenvalue weighted by Crippen LogP contribution is 2.23. The first kappa shape index (κ1) is 14.9. The average Bonchev–Trinajstić information content (AvgIpc) is 2.86. The normalized spacial score (nSPS) is 10.4. The third-order valence-electron chi connectivity index (χ3n) is 3.22. The third kappa shape index (κ3) is 3.53. The van der Waals surface area contributed by atoms with E-state index in [2.05, 4.69) is 10.4 Å². The van der Waals surface area contributed by atoms with Crippen molar-refractivity contribution in [3.8, 4) is 0 Å². The Bertz CT molecular complexity index is 622. The molecule has 0 aliphatic rings. The van der Waals surface area contributed by atoms with Crippen molar-refractivity contribution >= 4 is 17.3 Å². The predicted molar refractivity (Wildman–Crippen MR) is 82.2 cm³/mol. The van der Waals surface area contributed by atoms with Crippen molar-refractivity contribution in [3.63, 3.8) is 0 Å². The topological polar surface area (TPSA) is 82.2 Å². The standard InChI is InChI=1S/C15H20N4O2/c1-3-21-15(20)12-5-4-6-13(14(12)16)17-9-7-11-8-10-18-19(11)2/h4-6,8,10,17H,3,7,9,16H2,1-2H3. The quantitative estimate of drug-likeness (QED) is 0.626. The second-order valence-electron chi connectivity index (χ2n) is 4.61. The largest absolute Gasteiger partial charge is 0.462 e. The van der Waals surface area contributed by atoms with Crippen LogP contribution >= 0.6 is 0 Å². The van der Waals surface area contributed by atoms with Gasteiger partial charge in [-0.05, 0) is 25.1 Å². The van der Waals surface area contributed by atoms with E-state index in [-0.39, 0.29) is 0 Å². The lowest BCUT2D eigenvalue weighted by molar-refractivity contribution is 0.0527. The molecule has 0 saturated heterocycles. The number of rotatable bonds is 6. The number of nitrogens with zero attached hydrogens (tertiary/aromatic N) is 2. The Hall–Kier alpha value is -2.50. The summed E-state index contributed by atoms with van der Waals surface area (Å²) in [7, 11) is 1.91. The molecule has 0 unspecified atom stereocenters. The first-order valence-corrected chi connectivity index (χ1v) is 6.89. The molecule has 2 aromatic rings. The number of carbonyl (C=O) groups excluding carboxylic acids is 1. The van der Waals surface area contributed by atoms with Gasteiger partial charge in [0.15, 0.2) is 0 Å². The summed E-state index contributed by atoms with van der Waals surface area (Å²) >= 11 is 0. The Labute approximate surface area is 123 Å². The molecule has 3 N–H and O–H groups in total. The lowest BCUT2D eigenvalue weighted by atomic mass is 10.1. The molecule has 0 atom stereocenters. The van der Waals surface area contributed by atoms with Gasteiger partial charge in [-0.15, -0.1) is 0 Å². The number of hydrogen-bond acceptors (Lipinski definition) is 5. The van der Waals surface area contributed by atoms with Gasteiger partial charge in [-0.2, -0.15) is 5.10 Å². The Morgan fingerprint density at radius 2 is 2.24 bits per heavy atom. The predicted octanol–water partition coefficient (Wildman–Crippen LogP) is 1.83. The maximum Gasteiger partial charge on any atom is 0.340 e. The zero-order valence-electron chi connectivity index (χ0n) is 12.3. The molecule has 1 heterocycles. The molecule has 0 radical (unpaired) electrons. The molecule has 1 aromatic carbocycles. The number of nitrogens with two attached hydrogens (primary N) is 1. The van der Waals surface area contributed by atoms with E-state index in [1.165, 1.54) is 0 Å². The van der Waals surface area contributed by atoms with E-state index in [1.54, 1.807) is 25.3 Å². The number of aromatic nitrogens is 2. The highest BCUT2D eigenvalue weighted by atomic mass is 16.5. The molecule has 0 aliphatic heterocycles. The SMILES string of the molecule is CCOC(=O)c1cccc(NCCc2ccnn2C)c1N. The van der Waals surface area contributed by atoms with Gasteiger partial charge in [0, 0.05) is 31.9 Å². The molecule has 0 fully saturated rings. The van der Waals surface area contributed by atoms with Gasteiger partial charge in [-0.25, -0.2) is 4.79 Å². The highest BCUT2D eigenvalue weighted by Gasteiger charge is 2.13. The second kappa shape index (κ2) is 6.78. The van der Waals surface area contributed by atoms with E-state index < -0.39 is 5.97 Å². The fourth-order valence-corrected chi connectivity index (χ4v) is 2.08. The van der Waals surface area contributed by atoms with Gasteiger partial charge in [0.1, 0.15) is 0 Å². The van der Waals surface area contributed by atoms with Crippen LogP contribution in [0.15, 0.2) is 30.5 Å². The number of esters is 1. The number of para-hydroxylation sites is 1. The van der Waals surface area contributed by atoms with E-state index in [4.69, 9.17) is 10.5 Å². The second-order valence-corrected chi connectivity index (χ2v) is 4.61. The Balaban J connectivity index is 2.02. The first-order valence-electron chi connectivity index (χ1n) is 6.89. The van der Waals surface area contributed by atoms with Crippen LogP contribution in [0.1, 0.15) is 23.0 Å². The van der Waals surface area contributed by atoms with Crippen molar-refractivity contribution in [2.75, 3.05) is 24.2 Å². The zero-order chi connectivity index (χ0) is 15.2. The Morgan fingerprint density at radius 3 is 2.90 bits per heavy atom. The van der Waals surface area contributed by atoms with Gasteiger partial charge in [-0.1, -0.05) is 6.07 Å². The van der Waals surface area contributed by atoms with Gasteiger partial charge < -0.3 is 15.8 Å². The summed E-state index contributed by atoms with van der Waals surface area (Å²) in [5, 5.41) is 7.36. The van der Waals surface area contributed by atoms with Crippen molar-refractivity contribution in [2.24, 2.45) is 7.05 Å². The van der Waals surface area contributed by atoms with Crippen molar-refractivity contribution < 1.29 is 9.53 Å². The van der Waals surface area contributed by atoms with Gasteiger partial charge in [0.05, 0.1) is 23.5 Å². The monoisotopic (exact) mass is 288 g/mol. The van der Waals surface area contributed by atoms with Gasteiger partial charge >= 0.3 is 5.97 Å². The van der Waals surface area contributed by atoms with Crippen LogP contribution in [-0.2, 0) is 18.2 Å². The molecule has 21 heavy (non-hydrogen) atoms. The zero-order valence-corrected chi connectivity index (χ0v) is 12.3. The minimum absolute atomic E-state index is 0.330. The van der Waals surface area contributed by atoms with E-state index in [0.717, 1.165) is 17.8 Å². The molecule has 6 nitrogen and oxygen atoms in total. The molecule has 0 aliphatic carbocycles. The summed E-state index contributed by atoms with van der Waals surface area (Å²) in [6.45, 7) is 2.80. The van der Waals surface area contributed by atoms with Crippen molar-refractivity contribution in [1.82, 2.24) is 9.78 Å². The number of aryl methyl sites for hydroxylation is 1. The van der Waals surface area contributed by atoms with Crippen molar-refractivity contribution in [3.05, 3.63) is 41.7 Å². The van der Waals surface area contributed by atoms with Crippen LogP contribution in [0.4, 0.5) is 11.4 Å². The van der Waals surface area contributed by atoms with Crippen molar-refractivity contribution in [1.29, 1.82) is 0 Å². The van der Waals surface area contributed by atoms with Crippen LogP contribution in [0.5, 0.6) is 0 Å². The van der Waals surface area contributed by atoms with E-state index in [9.17, 15) is 4.79 Å². The fraction of sp³-hybridized carbons (Fsp3) is 0.333. The smallest absolute Gasteiger partial charge is 0.340 e. The third-order valence-corrected chi connectivity index (χ3v) is 3.22. The van der Waals surface area contributed by atoms with E-state index in [1.807, 2.05) is 23.9 Å². The maximum absolute atomic E-state index is 11.8. The molecule has 0 amide bonds. The molecular weight excluding hydrogens is 268 g/mol. The number of anilines is 2. The van der Waals surface area contributed by atoms with E-state index in [0.29, 0.717) is 24.4 Å². The van der Waals surface area contributed by atoms with Crippen LogP contribution in [0.2, 0.25) is 0 Å². The molecule has 0 bridgehead atoms. The number of nitrogen functional groups attached to an aromatic ring is 1. The molecule has 6 heteroatoms. The lowest BCUT2D eigenvalue weighted by Crippen LogP contribution is -2.13. The minimum Gasteiger partial charge on any atom is -0.462 e.